The van der Waals surface area contributed by atoms with Crippen LogP contribution in [-0.2, 0) is 13.1 Å². The van der Waals surface area contributed by atoms with Crippen LogP contribution in [0.1, 0.15) is 53.2 Å². The molecular formula is C19H23ClN4O2. The number of hydrogen-bond donors (Lipinski definition) is 1. The number of rotatable bonds is 5. The number of halogens is 1. The number of aryl methyl sites for hydroxylation is 1. The number of carbonyl (C=O) groups excluding carboxylic acids is 2. The van der Waals surface area contributed by atoms with Gasteiger partial charge in [-0.1, -0.05) is 30.7 Å². The lowest BCUT2D eigenvalue weighted by molar-refractivity contribution is 0.0745. The number of fused-ring (bicyclic) bond motifs is 1. The van der Waals surface area contributed by atoms with Gasteiger partial charge in [0, 0.05) is 36.8 Å². The van der Waals surface area contributed by atoms with Gasteiger partial charge in [0.2, 0.25) is 0 Å². The Morgan fingerprint density at radius 1 is 1.31 bits per heavy atom. The monoisotopic (exact) mass is 374 g/mol. The molecule has 0 bridgehead atoms. The number of nitrogens with one attached hydrogen (secondary N) is 1. The fourth-order valence-corrected chi connectivity index (χ4v) is 3.03. The van der Waals surface area contributed by atoms with Gasteiger partial charge >= 0.3 is 0 Å². The largest absolute Gasteiger partial charge is 0.348 e. The van der Waals surface area contributed by atoms with E-state index in [1.54, 1.807) is 15.6 Å². The molecule has 0 spiro atoms. The van der Waals surface area contributed by atoms with Crippen molar-refractivity contribution in [3.05, 3.63) is 52.3 Å². The first-order valence-electron chi connectivity index (χ1n) is 8.90. The second kappa shape index (κ2) is 7.91. The SMILES string of the molecule is CCC(C)NC(=O)c1cc2n(n1)CCCN(Cc1ccc(Cl)cc1)C2=O. The van der Waals surface area contributed by atoms with E-state index in [4.69, 9.17) is 11.6 Å². The highest BCUT2D eigenvalue weighted by atomic mass is 35.5. The van der Waals surface area contributed by atoms with Crippen LogP contribution in [0.5, 0.6) is 0 Å². The summed E-state index contributed by atoms with van der Waals surface area (Å²) in [5, 5.41) is 7.90. The molecule has 1 atom stereocenters. The number of amides is 2. The van der Waals surface area contributed by atoms with Crippen LogP contribution in [0.3, 0.4) is 0 Å². The van der Waals surface area contributed by atoms with Crippen LogP contribution in [0.25, 0.3) is 0 Å². The first-order valence-corrected chi connectivity index (χ1v) is 9.28. The number of carbonyl (C=O) groups is 2. The van der Waals surface area contributed by atoms with Crippen molar-refractivity contribution in [2.45, 2.75) is 45.8 Å². The quantitative estimate of drug-likeness (QED) is 0.874. The lowest BCUT2D eigenvalue weighted by Gasteiger charge is -2.20. The van der Waals surface area contributed by atoms with Crippen molar-refractivity contribution >= 4 is 23.4 Å². The van der Waals surface area contributed by atoms with Crippen molar-refractivity contribution in [2.75, 3.05) is 6.54 Å². The van der Waals surface area contributed by atoms with Crippen molar-refractivity contribution in [3.8, 4) is 0 Å². The van der Waals surface area contributed by atoms with Gasteiger partial charge in [-0.3, -0.25) is 14.3 Å². The lowest BCUT2D eigenvalue weighted by Crippen LogP contribution is -2.32. The van der Waals surface area contributed by atoms with Gasteiger partial charge < -0.3 is 10.2 Å². The van der Waals surface area contributed by atoms with Crippen LogP contribution in [-0.4, -0.2) is 39.1 Å². The Morgan fingerprint density at radius 3 is 2.73 bits per heavy atom. The molecule has 6 nitrogen and oxygen atoms in total. The van der Waals surface area contributed by atoms with Crippen LogP contribution >= 0.6 is 11.6 Å². The predicted octanol–water partition coefficient (Wildman–Crippen LogP) is 3.11. The Bertz CT molecular complexity index is 800. The molecule has 1 aromatic carbocycles. The molecular weight excluding hydrogens is 352 g/mol. The zero-order valence-corrected chi connectivity index (χ0v) is 15.8. The first-order chi connectivity index (χ1) is 12.5. The van der Waals surface area contributed by atoms with Crippen LogP contribution in [0, 0.1) is 0 Å². The lowest BCUT2D eigenvalue weighted by atomic mass is 10.2. The second-order valence-electron chi connectivity index (χ2n) is 6.63. The molecule has 1 N–H and O–H groups in total. The minimum absolute atomic E-state index is 0.0705. The molecule has 1 aliphatic heterocycles. The number of hydrogen-bond acceptors (Lipinski definition) is 3. The molecule has 1 aliphatic rings. The fourth-order valence-electron chi connectivity index (χ4n) is 2.91. The van der Waals surface area contributed by atoms with E-state index in [9.17, 15) is 9.59 Å². The molecule has 1 aromatic heterocycles. The summed E-state index contributed by atoms with van der Waals surface area (Å²) >= 11 is 5.92. The van der Waals surface area contributed by atoms with Crippen LogP contribution in [0.4, 0.5) is 0 Å². The highest BCUT2D eigenvalue weighted by molar-refractivity contribution is 6.30. The summed E-state index contributed by atoms with van der Waals surface area (Å²) in [6.07, 6.45) is 1.63. The van der Waals surface area contributed by atoms with E-state index in [1.165, 1.54) is 0 Å². The Hall–Kier alpha value is -2.34. The number of benzene rings is 1. The van der Waals surface area contributed by atoms with E-state index >= 15 is 0 Å². The van der Waals surface area contributed by atoms with Gasteiger partial charge in [0.05, 0.1) is 0 Å². The molecule has 0 radical (unpaired) electrons. The third-order valence-corrected chi connectivity index (χ3v) is 4.85. The smallest absolute Gasteiger partial charge is 0.272 e. The maximum atomic E-state index is 12.9. The predicted molar refractivity (Wildman–Crippen MR) is 100 cm³/mol. The summed E-state index contributed by atoms with van der Waals surface area (Å²) in [4.78, 5) is 27.0. The zero-order valence-electron chi connectivity index (χ0n) is 15.0. The minimum Gasteiger partial charge on any atom is -0.348 e. The van der Waals surface area contributed by atoms with Crippen molar-refractivity contribution in [2.24, 2.45) is 0 Å². The van der Waals surface area contributed by atoms with Gasteiger partial charge in [-0.25, -0.2) is 0 Å². The third-order valence-electron chi connectivity index (χ3n) is 4.59. The summed E-state index contributed by atoms with van der Waals surface area (Å²) in [7, 11) is 0. The maximum Gasteiger partial charge on any atom is 0.272 e. The molecule has 2 heterocycles. The summed E-state index contributed by atoms with van der Waals surface area (Å²) < 4.78 is 1.65. The van der Waals surface area contributed by atoms with Gasteiger partial charge in [0.15, 0.2) is 5.69 Å². The highest BCUT2D eigenvalue weighted by Crippen LogP contribution is 2.18. The topological polar surface area (TPSA) is 67.2 Å². The number of aromatic nitrogens is 2. The molecule has 138 valence electrons. The van der Waals surface area contributed by atoms with Crippen molar-refractivity contribution in [3.63, 3.8) is 0 Å². The van der Waals surface area contributed by atoms with Crippen molar-refractivity contribution in [1.29, 1.82) is 0 Å². The average Bonchev–Trinajstić information content (AvgIpc) is 3.00. The molecule has 26 heavy (non-hydrogen) atoms. The second-order valence-corrected chi connectivity index (χ2v) is 7.06. The van der Waals surface area contributed by atoms with Gasteiger partial charge in [-0.15, -0.1) is 0 Å². The van der Waals surface area contributed by atoms with E-state index < -0.39 is 0 Å². The van der Waals surface area contributed by atoms with Gasteiger partial charge in [0.1, 0.15) is 5.69 Å². The maximum absolute atomic E-state index is 12.9. The van der Waals surface area contributed by atoms with Crippen LogP contribution < -0.4 is 5.32 Å². The van der Waals surface area contributed by atoms with Gasteiger partial charge in [0.25, 0.3) is 11.8 Å². The molecule has 0 saturated heterocycles. The summed E-state index contributed by atoms with van der Waals surface area (Å²) in [6.45, 7) is 5.73. The standard InChI is InChI=1S/C19H23ClN4O2/c1-3-13(2)21-18(25)16-11-17-19(26)23(9-4-10-24(17)22-16)12-14-5-7-15(20)8-6-14/h5-8,11,13H,3-4,9-10,12H2,1-2H3,(H,21,25). The van der Waals surface area contributed by atoms with Gasteiger partial charge in [-0.05, 0) is 37.5 Å². The van der Waals surface area contributed by atoms with E-state index in [-0.39, 0.29) is 17.9 Å². The zero-order chi connectivity index (χ0) is 18.7. The van der Waals surface area contributed by atoms with Crippen molar-refractivity contribution < 1.29 is 9.59 Å². The molecule has 1 unspecified atom stereocenters. The highest BCUT2D eigenvalue weighted by Gasteiger charge is 2.26. The van der Waals surface area contributed by atoms with Crippen molar-refractivity contribution in [1.82, 2.24) is 20.0 Å². The van der Waals surface area contributed by atoms with E-state index in [0.717, 1.165) is 18.4 Å². The third kappa shape index (κ3) is 4.07. The summed E-state index contributed by atoms with van der Waals surface area (Å²) in [6, 6.07) is 9.15. The molecule has 2 amide bonds. The van der Waals surface area contributed by atoms with Gasteiger partial charge in [-0.2, -0.15) is 5.10 Å². The molecule has 0 fully saturated rings. The fraction of sp³-hybridized carbons (Fsp3) is 0.421. The van der Waals surface area contributed by atoms with E-state index in [0.29, 0.717) is 36.0 Å². The normalized spacial score (nSPS) is 15.3. The average molecular weight is 375 g/mol. The molecule has 0 aliphatic carbocycles. The van der Waals surface area contributed by atoms with Crippen LogP contribution in [0.15, 0.2) is 30.3 Å². The summed E-state index contributed by atoms with van der Waals surface area (Å²) in [5.74, 6) is -0.343. The molecule has 7 heteroatoms. The molecule has 2 aromatic rings. The van der Waals surface area contributed by atoms with E-state index in [2.05, 4.69) is 10.4 Å². The van der Waals surface area contributed by atoms with Crippen LogP contribution in [0.2, 0.25) is 5.02 Å². The van der Waals surface area contributed by atoms with E-state index in [1.807, 2.05) is 38.1 Å². The molecule has 0 saturated carbocycles. The Kier molecular flexibility index (Phi) is 5.61. The Morgan fingerprint density at radius 2 is 2.04 bits per heavy atom. The minimum atomic E-state index is -0.239. The Labute approximate surface area is 158 Å². The summed E-state index contributed by atoms with van der Waals surface area (Å²) in [5.41, 5.74) is 1.78. The molecule has 3 rings (SSSR count). The number of nitrogens with zero attached hydrogens (tertiary/aromatic N) is 3. The first kappa shape index (κ1) is 18.5. The Balaban J connectivity index is 1.78.